The smallest absolute Gasteiger partial charge is 0.385 e. The molecule has 0 aliphatic carbocycles. The van der Waals surface area contributed by atoms with Gasteiger partial charge in [0.15, 0.2) is 18.2 Å². The molecular formula is C10H13ClN3O13P3. The number of hydrogen-bond acceptors (Lipinski definition) is 11. The third-order valence-electron chi connectivity index (χ3n) is 3.53. The predicted octanol–water partition coefficient (Wildman–Crippen LogP) is 0.00470. The van der Waals surface area contributed by atoms with E-state index in [2.05, 4.69) is 23.1 Å². The van der Waals surface area contributed by atoms with Crippen molar-refractivity contribution in [1.29, 1.82) is 0 Å². The summed E-state index contributed by atoms with van der Waals surface area (Å²) in [6.07, 6.45) is -4.81. The van der Waals surface area contributed by atoms with Gasteiger partial charge >= 0.3 is 23.5 Å². The van der Waals surface area contributed by atoms with Crippen LogP contribution in [0.3, 0.4) is 0 Å². The summed E-state index contributed by atoms with van der Waals surface area (Å²) in [6.45, 7) is 0. The van der Waals surface area contributed by atoms with Crippen molar-refractivity contribution in [2.45, 2.75) is 24.7 Å². The number of halogens is 1. The molecule has 30 heavy (non-hydrogen) atoms. The van der Waals surface area contributed by atoms with Gasteiger partial charge in [0.2, 0.25) is 0 Å². The first kappa shape index (κ1) is 23.9. The minimum atomic E-state index is -5.77. The molecule has 168 valence electrons. The van der Waals surface area contributed by atoms with E-state index >= 15 is 0 Å². The molecule has 0 bridgehead atoms. The summed E-state index contributed by atoms with van der Waals surface area (Å²) in [5.41, 5.74) is 0.346. The number of phosphoric ester groups is 1. The van der Waals surface area contributed by atoms with E-state index in [0.29, 0.717) is 0 Å². The van der Waals surface area contributed by atoms with Crippen molar-refractivity contribution in [3.05, 3.63) is 23.6 Å². The van der Waals surface area contributed by atoms with Gasteiger partial charge in [-0.05, 0) is 6.07 Å². The Morgan fingerprint density at radius 2 is 1.70 bits per heavy atom. The molecule has 6 N–H and O–H groups in total. The van der Waals surface area contributed by atoms with E-state index in [9.17, 15) is 28.8 Å². The fraction of sp³-hybridized carbons (Fsp3) is 0.400. The number of imidazole rings is 1. The molecule has 1 fully saturated rings. The summed E-state index contributed by atoms with van der Waals surface area (Å²) in [5.74, 6) is 0. The van der Waals surface area contributed by atoms with Crippen molar-refractivity contribution in [1.82, 2.24) is 14.5 Å². The van der Waals surface area contributed by atoms with Crippen LogP contribution in [-0.2, 0) is 31.6 Å². The molecule has 0 radical (unpaired) electrons. The van der Waals surface area contributed by atoms with E-state index in [-0.39, 0.29) is 16.2 Å². The number of ether oxygens (including phenoxy) is 1. The Bertz CT molecular complexity index is 1090. The van der Waals surface area contributed by atoms with Crippen LogP contribution in [0.5, 0.6) is 0 Å². The molecule has 3 rings (SSSR count). The summed E-state index contributed by atoms with van der Waals surface area (Å²) in [7, 11) is -17.0. The monoisotopic (exact) mass is 511 g/mol. The average Bonchev–Trinajstić information content (AvgIpc) is 3.09. The molecule has 0 saturated carbocycles. The van der Waals surface area contributed by atoms with Gasteiger partial charge in [0, 0.05) is 6.20 Å². The fourth-order valence-corrected chi connectivity index (χ4v) is 5.75. The van der Waals surface area contributed by atoms with E-state index in [4.69, 9.17) is 31.0 Å². The number of phosphoric acid groups is 3. The second-order valence-electron chi connectivity index (χ2n) is 5.69. The first-order valence-corrected chi connectivity index (χ1v) is 12.4. The van der Waals surface area contributed by atoms with Crippen molar-refractivity contribution in [3.63, 3.8) is 0 Å². The van der Waals surface area contributed by atoms with Crippen LogP contribution in [-0.4, -0.2) is 62.8 Å². The summed E-state index contributed by atoms with van der Waals surface area (Å²) in [5, 5.41) is 20.5. The van der Waals surface area contributed by atoms with Crippen LogP contribution < -0.4 is 0 Å². The second-order valence-corrected chi connectivity index (χ2v) is 10.5. The summed E-state index contributed by atoms with van der Waals surface area (Å²) in [6, 6.07) is 1.44. The first-order chi connectivity index (χ1) is 13.7. The number of fused-ring (bicyclic) bond motifs is 1. The molecule has 1 aliphatic rings. The third kappa shape index (κ3) is 5.33. The zero-order chi connectivity index (χ0) is 22.5. The predicted molar refractivity (Wildman–Crippen MR) is 93.4 cm³/mol. The van der Waals surface area contributed by atoms with Gasteiger partial charge in [-0.25, -0.2) is 23.7 Å². The first-order valence-electron chi connectivity index (χ1n) is 7.50. The number of aliphatic hydroxyl groups is 2. The van der Waals surface area contributed by atoms with E-state index in [0.717, 1.165) is 10.9 Å². The second kappa shape index (κ2) is 8.28. The normalized spacial score (nSPS) is 29.0. The zero-order valence-electron chi connectivity index (χ0n) is 14.1. The lowest BCUT2D eigenvalue weighted by atomic mass is 10.2. The van der Waals surface area contributed by atoms with Crippen LogP contribution in [0.25, 0.3) is 11.2 Å². The maximum absolute atomic E-state index is 11.9. The van der Waals surface area contributed by atoms with Crippen LogP contribution in [0.4, 0.5) is 0 Å². The summed E-state index contributed by atoms with van der Waals surface area (Å²) < 4.78 is 51.7. The Kier molecular flexibility index (Phi) is 6.58. The number of aliphatic hydroxyl groups excluding tert-OH is 2. The minimum Gasteiger partial charge on any atom is -0.385 e. The molecule has 1 aliphatic heterocycles. The lowest BCUT2D eigenvalue weighted by Crippen LogP contribution is -2.32. The van der Waals surface area contributed by atoms with Gasteiger partial charge in [0.1, 0.15) is 17.7 Å². The number of rotatable bonds is 7. The zero-order valence-corrected chi connectivity index (χ0v) is 17.6. The third-order valence-corrected chi connectivity index (χ3v) is 7.64. The van der Waals surface area contributed by atoms with Gasteiger partial charge in [-0.1, -0.05) is 11.6 Å². The lowest BCUT2D eigenvalue weighted by molar-refractivity contribution is -0.133. The Hall–Kier alpha value is -0.800. The van der Waals surface area contributed by atoms with Gasteiger partial charge in [0.25, 0.3) is 0 Å². The molecule has 6 unspecified atom stereocenters. The summed E-state index contributed by atoms with van der Waals surface area (Å²) in [4.78, 5) is 43.7. The van der Waals surface area contributed by atoms with Gasteiger partial charge in [-0.15, -0.1) is 0 Å². The highest BCUT2D eigenvalue weighted by atomic mass is 35.5. The van der Waals surface area contributed by atoms with Crippen molar-refractivity contribution in [2.24, 2.45) is 0 Å². The Morgan fingerprint density at radius 1 is 1.03 bits per heavy atom. The molecule has 0 spiro atoms. The molecule has 1 saturated heterocycles. The van der Waals surface area contributed by atoms with Crippen molar-refractivity contribution in [2.75, 3.05) is 0 Å². The molecule has 6 atom stereocenters. The molecule has 3 heterocycles. The highest BCUT2D eigenvalue weighted by molar-refractivity contribution is 7.66. The van der Waals surface area contributed by atoms with Crippen molar-refractivity contribution >= 4 is 46.2 Å². The number of hydrogen-bond donors (Lipinski definition) is 6. The Balaban J connectivity index is 1.78. The highest BCUT2D eigenvalue weighted by Gasteiger charge is 2.50. The number of pyridine rings is 1. The average molecular weight is 512 g/mol. The van der Waals surface area contributed by atoms with Gasteiger partial charge < -0.3 is 34.5 Å². The summed E-state index contributed by atoms with van der Waals surface area (Å²) >= 11 is 5.97. The highest BCUT2D eigenvalue weighted by Crippen LogP contribution is 2.66. The molecule has 2 aromatic rings. The molecule has 20 heteroatoms. The maximum Gasteiger partial charge on any atom is 0.490 e. The van der Waals surface area contributed by atoms with E-state index < -0.39 is 48.2 Å². The van der Waals surface area contributed by atoms with E-state index in [1.165, 1.54) is 12.3 Å². The van der Waals surface area contributed by atoms with Gasteiger partial charge in [-0.3, -0.25) is 9.09 Å². The fourth-order valence-electron chi connectivity index (χ4n) is 2.47. The van der Waals surface area contributed by atoms with Crippen molar-refractivity contribution in [3.8, 4) is 0 Å². The molecule has 0 aromatic carbocycles. The van der Waals surface area contributed by atoms with Crippen molar-refractivity contribution < 1.29 is 61.4 Å². The molecular weight excluding hydrogens is 498 g/mol. The van der Waals surface area contributed by atoms with Crippen LogP contribution in [0.15, 0.2) is 18.6 Å². The molecule has 16 nitrogen and oxygen atoms in total. The van der Waals surface area contributed by atoms with Crippen LogP contribution in [0, 0.1) is 0 Å². The van der Waals surface area contributed by atoms with Gasteiger partial charge in [0.05, 0.1) is 11.3 Å². The standard InChI is InChI=1S/C10H13ClN3O13P3/c11-4-1-2-12-8-5(4)13-3-14(8)9-6(15)7(16)10(24-9)25-29(20,21)27-30(22,23)26-28(17,18)19/h1-3,6-7,9-10,15-16H,(H,20,21)(H,22,23)(H2,17,18,19). The Labute approximate surface area is 171 Å². The largest absolute Gasteiger partial charge is 0.490 e. The van der Waals surface area contributed by atoms with Crippen LogP contribution in [0.2, 0.25) is 5.02 Å². The number of aromatic nitrogens is 3. The topological polar surface area (TPSA) is 240 Å². The molecule has 0 amide bonds. The molecule has 2 aromatic heterocycles. The van der Waals surface area contributed by atoms with E-state index in [1.54, 1.807) is 0 Å². The quantitative estimate of drug-likeness (QED) is 0.268. The minimum absolute atomic E-state index is 0.123. The number of nitrogens with zero attached hydrogens (tertiary/aromatic N) is 3. The Morgan fingerprint density at radius 3 is 2.33 bits per heavy atom. The van der Waals surface area contributed by atoms with Crippen LogP contribution in [0.1, 0.15) is 6.23 Å². The van der Waals surface area contributed by atoms with Crippen LogP contribution >= 0.6 is 35.1 Å². The van der Waals surface area contributed by atoms with E-state index in [1.807, 2.05) is 0 Å². The van der Waals surface area contributed by atoms with Gasteiger partial charge in [-0.2, -0.15) is 8.62 Å². The lowest BCUT2D eigenvalue weighted by Gasteiger charge is -2.20. The SMILES string of the molecule is O=P(O)(O)OP(=O)(O)OP(=O)(O)OC1OC(n2cnc3c(Cl)ccnc32)C(O)C1O. The maximum atomic E-state index is 11.9.